The summed E-state index contributed by atoms with van der Waals surface area (Å²) in [4.78, 5) is 15.4. The maximum absolute atomic E-state index is 12.0. The van der Waals surface area contributed by atoms with E-state index in [9.17, 15) is 4.79 Å². The van der Waals surface area contributed by atoms with Crippen LogP contribution >= 0.6 is 0 Å². The second-order valence-electron chi connectivity index (χ2n) is 5.51. The highest BCUT2D eigenvalue weighted by Gasteiger charge is 2.12. The lowest BCUT2D eigenvalue weighted by atomic mass is 10.1. The van der Waals surface area contributed by atoms with Gasteiger partial charge in [-0.3, -0.25) is 4.79 Å². The van der Waals surface area contributed by atoms with Gasteiger partial charge in [0, 0.05) is 23.1 Å². The molecule has 2 rings (SSSR count). The zero-order chi connectivity index (χ0) is 14.5. The lowest BCUT2D eigenvalue weighted by Crippen LogP contribution is -2.26. The summed E-state index contributed by atoms with van der Waals surface area (Å²) in [7, 11) is 0. The lowest BCUT2D eigenvalue weighted by molar-refractivity contribution is -0.120. The van der Waals surface area contributed by atoms with Crippen molar-refractivity contribution in [1.82, 2.24) is 10.3 Å². The average molecular weight is 272 g/mol. The van der Waals surface area contributed by atoms with Gasteiger partial charge in [-0.2, -0.15) is 0 Å². The molecule has 0 aliphatic heterocycles. The highest BCUT2D eigenvalue weighted by atomic mass is 16.1. The third-order valence-corrected chi connectivity index (χ3v) is 3.71. The van der Waals surface area contributed by atoms with E-state index in [1.54, 1.807) is 0 Å². The van der Waals surface area contributed by atoms with E-state index in [1.807, 2.05) is 6.92 Å². The van der Waals surface area contributed by atoms with Crippen LogP contribution in [0.3, 0.4) is 0 Å². The van der Waals surface area contributed by atoms with E-state index in [0.717, 1.165) is 29.7 Å². The monoisotopic (exact) mass is 272 g/mol. The minimum atomic E-state index is 0.117. The summed E-state index contributed by atoms with van der Waals surface area (Å²) in [5.41, 5.74) is 4.55. The van der Waals surface area contributed by atoms with Gasteiger partial charge in [0.25, 0.3) is 0 Å². The Hall–Kier alpha value is -1.77. The fourth-order valence-corrected chi connectivity index (χ4v) is 2.55. The van der Waals surface area contributed by atoms with Gasteiger partial charge in [-0.25, -0.2) is 0 Å². The molecule has 0 atom stereocenters. The topological polar surface area (TPSA) is 44.9 Å². The molecule has 1 aromatic heterocycles. The van der Waals surface area contributed by atoms with Crippen LogP contribution < -0.4 is 5.32 Å². The zero-order valence-electron chi connectivity index (χ0n) is 12.7. The molecule has 1 amide bonds. The maximum Gasteiger partial charge on any atom is 0.224 e. The van der Waals surface area contributed by atoms with Crippen molar-refractivity contribution in [3.05, 3.63) is 35.0 Å². The Balaban J connectivity index is 2.07. The number of carbonyl (C=O) groups excluding carboxylic acids is 1. The summed E-state index contributed by atoms with van der Waals surface area (Å²) in [5.74, 6) is 0.117. The number of aromatic nitrogens is 1. The van der Waals surface area contributed by atoms with Gasteiger partial charge in [0.1, 0.15) is 0 Å². The number of unbranched alkanes of at least 4 members (excludes halogenated alkanes) is 2. The number of aryl methyl sites for hydroxylation is 2. The normalized spacial score (nSPS) is 10.9. The molecule has 108 valence electrons. The number of benzene rings is 1. The Morgan fingerprint density at radius 1 is 1.25 bits per heavy atom. The number of hydrogen-bond donors (Lipinski definition) is 2. The molecule has 3 heteroatoms. The molecule has 0 saturated carbocycles. The van der Waals surface area contributed by atoms with Crippen molar-refractivity contribution >= 4 is 16.8 Å². The van der Waals surface area contributed by atoms with Gasteiger partial charge in [-0.05, 0) is 38.0 Å². The highest BCUT2D eigenvalue weighted by Crippen LogP contribution is 2.23. The van der Waals surface area contributed by atoms with E-state index < -0.39 is 0 Å². The predicted octanol–water partition coefficient (Wildman–Crippen LogP) is 3.63. The van der Waals surface area contributed by atoms with Crippen molar-refractivity contribution in [2.24, 2.45) is 0 Å². The summed E-state index contributed by atoms with van der Waals surface area (Å²) in [5, 5.41) is 4.18. The number of fused-ring (bicyclic) bond motifs is 1. The highest BCUT2D eigenvalue weighted by molar-refractivity contribution is 5.90. The number of nitrogens with one attached hydrogen (secondary N) is 2. The molecular formula is C17H24N2O. The predicted molar refractivity (Wildman–Crippen MR) is 84.0 cm³/mol. The van der Waals surface area contributed by atoms with E-state index >= 15 is 0 Å². The van der Waals surface area contributed by atoms with Crippen molar-refractivity contribution in [3.63, 3.8) is 0 Å². The van der Waals surface area contributed by atoms with Gasteiger partial charge >= 0.3 is 0 Å². The molecule has 0 bridgehead atoms. The molecule has 1 aromatic carbocycles. The Kier molecular flexibility index (Phi) is 4.83. The fourth-order valence-electron chi connectivity index (χ4n) is 2.55. The van der Waals surface area contributed by atoms with Crippen molar-refractivity contribution in [1.29, 1.82) is 0 Å². The Labute approximate surface area is 120 Å². The van der Waals surface area contributed by atoms with Crippen LogP contribution in [0.1, 0.15) is 43.0 Å². The van der Waals surface area contributed by atoms with Gasteiger partial charge in [0.15, 0.2) is 0 Å². The van der Waals surface area contributed by atoms with Crippen LogP contribution in [-0.4, -0.2) is 17.4 Å². The van der Waals surface area contributed by atoms with E-state index in [2.05, 4.69) is 42.3 Å². The van der Waals surface area contributed by atoms with E-state index in [-0.39, 0.29) is 5.91 Å². The number of amides is 1. The van der Waals surface area contributed by atoms with Crippen LogP contribution in [0.2, 0.25) is 0 Å². The van der Waals surface area contributed by atoms with Crippen LogP contribution in [0.5, 0.6) is 0 Å². The lowest BCUT2D eigenvalue weighted by Gasteiger charge is -2.05. The van der Waals surface area contributed by atoms with E-state index in [4.69, 9.17) is 0 Å². The molecule has 0 aliphatic carbocycles. The largest absolute Gasteiger partial charge is 0.358 e. The molecule has 0 radical (unpaired) electrons. The number of H-pyrrole nitrogens is 1. The summed E-state index contributed by atoms with van der Waals surface area (Å²) >= 11 is 0. The maximum atomic E-state index is 12.0. The Morgan fingerprint density at radius 2 is 2.05 bits per heavy atom. The Bertz CT molecular complexity index is 598. The van der Waals surface area contributed by atoms with Gasteiger partial charge < -0.3 is 10.3 Å². The minimum Gasteiger partial charge on any atom is -0.358 e. The molecule has 0 saturated heterocycles. The summed E-state index contributed by atoms with van der Waals surface area (Å²) < 4.78 is 0. The standard InChI is InChI=1S/C17H24N2O/c1-4-5-6-9-18-17(20)11-14-13(3)19-16-8-7-12(2)10-15(14)16/h7-8,10,19H,4-6,9,11H2,1-3H3,(H,18,20). The van der Waals surface area contributed by atoms with Gasteiger partial charge in [-0.1, -0.05) is 31.4 Å². The SMILES string of the molecule is CCCCCNC(=O)Cc1c(C)[nH]c2ccc(C)cc12. The molecular weight excluding hydrogens is 248 g/mol. The molecule has 2 aromatic rings. The molecule has 0 unspecified atom stereocenters. The van der Waals surface area contributed by atoms with Crippen LogP contribution in [0, 0.1) is 13.8 Å². The van der Waals surface area contributed by atoms with Crippen LogP contribution in [-0.2, 0) is 11.2 Å². The molecule has 0 fully saturated rings. The van der Waals surface area contributed by atoms with Crippen molar-refractivity contribution < 1.29 is 4.79 Å². The summed E-state index contributed by atoms with van der Waals surface area (Å²) in [6, 6.07) is 6.33. The first-order valence-electron chi connectivity index (χ1n) is 7.46. The smallest absolute Gasteiger partial charge is 0.224 e. The molecule has 2 N–H and O–H groups in total. The number of aromatic amines is 1. The minimum absolute atomic E-state index is 0.117. The molecule has 0 aliphatic rings. The van der Waals surface area contributed by atoms with Gasteiger partial charge in [0.2, 0.25) is 5.91 Å². The molecule has 20 heavy (non-hydrogen) atoms. The third kappa shape index (κ3) is 3.41. The zero-order valence-corrected chi connectivity index (χ0v) is 12.7. The van der Waals surface area contributed by atoms with E-state index in [0.29, 0.717) is 6.42 Å². The quantitative estimate of drug-likeness (QED) is 0.775. The number of hydrogen-bond acceptors (Lipinski definition) is 1. The van der Waals surface area contributed by atoms with Crippen LogP contribution in [0.4, 0.5) is 0 Å². The first-order chi connectivity index (χ1) is 9.61. The average Bonchev–Trinajstić information content (AvgIpc) is 2.71. The van der Waals surface area contributed by atoms with Gasteiger partial charge in [0.05, 0.1) is 6.42 Å². The summed E-state index contributed by atoms with van der Waals surface area (Å²) in [6.07, 6.45) is 3.87. The summed E-state index contributed by atoms with van der Waals surface area (Å²) in [6.45, 7) is 7.07. The second-order valence-corrected chi connectivity index (χ2v) is 5.51. The second kappa shape index (κ2) is 6.60. The van der Waals surface area contributed by atoms with Crippen LogP contribution in [0.25, 0.3) is 10.9 Å². The third-order valence-electron chi connectivity index (χ3n) is 3.71. The number of carbonyl (C=O) groups is 1. The van der Waals surface area contributed by atoms with Crippen molar-refractivity contribution in [3.8, 4) is 0 Å². The molecule has 0 spiro atoms. The first kappa shape index (κ1) is 14.6. The van der Waals surface area contributed by atoms with Crippen LogP contribution in [0.15, 0.2) is 18.2 Å². The fraction of sp³-hybridized carbons (Fsp3) is 0.471. The van der Waals surface area contributed by atoms with Gasteiger partial charge in [-0.15, -0.1) is 0 Å². The van der Waals surface area contributed by atoms with Crippen molar-refractivity contribution in [2.75, 3.05) is 6.54 Å². The van der Waals surface area contributed by atoms with E-state index in [1.165, 1.54) is 23.8 Å². The Morgan fingerprint density at radius 3 is 2.80 bits per heavy atom. The molecule has 1 heterocycles. The first-order valence-corrected chi connectivity index (χ1v) is 7.46. The number of rotatable bonds is 6. The van der Waals surface area contributed by atoms with Crippen molar-refractivity contribution in [2.45, 2.75) is 46.5 Å². The molecule has 3 nitrogen and oxygen atoms in total.